The molecule has 280 valence electrons. The van der Waals surface area contributed by atoms with Crippen molar-refractivity contribution in [2.24, 2.45) is 0 Å². The summed E-state index contributed by atoms with van der Waals surface area (Å²) >= 11 is 0. The Balaban J connectivity index is 0.000000749. The fourth-order valence-corrected chi connectivity index (χ4v) is 3.81. The van der Waals surface area contributed by atoms with Crippen LogP contribution in [0.1, 0.15) is 0 Å². The molecular formula is C24H46O23. The van der Waals surface area contributed by atoms with E-state index in [9.17, 15) is 45.3 Å². The lowest BCUT2D eigenvalue weighted by Gasteiger charge is -2.45. The van der Waals surface area contributed by atoms with Gasteiger partial charge in [-0.05, 0) is 0 Å². The van der Waals surface area contributed by atoms with Gasteiger partial charge in [-0.25, -0.2) is 0 Å². The van der Waals surface area contributed by atoms with Gasteiger partial charge >= 0.3 is 0 Å². The van der Waals surface area contributed by atoms with Gasteiger partial charge in [0.05, 0.1) is 26.4 Å². The summed E-state index contributed by atoms with van der Waals surface area (Å²) in [6.45, 7) is -2.87. The molecule has 18 N–H and O–H groups in total. The van der Waals surface area contributed by atoms with Crippen LogP contribution in [-0.4, -0.2) is 241 Å². The predicted octanol–water partition coefficient (Wildman–Crippen LogP) is -12.2. The Bertz CT molecular complexity index is 820. The highest BCUT2D eigenvalue weighted by Crippen LogP contribution is 2.28. The molecule has 0 saturated carbocycles. The molecule has 23 nitrogen and oxygen atoms in total. The van der Waals surface area contributed by atoms with E-state index in [4.69, 9.17) is 70.4 Å². The van der Waals surface area contributed by atoms with Crippen molar-refractivity contribution in [3.63, 3.8) is 0 Å². The Kier molecular flexibility index (Phi) is 21.6. The molecule has 1 unspecified atom stereocenters. The van der Waals surface area contributed by atoms with Crippen LogP contribution in [-0.2, 0) is 23.8 Å². The number of ether oxygens (including phenoxy) is 3. The number of hydrogen-bond donors (Lipinski definition) is 18. The molecular weight excluding hydrogens is 656 g/mol. The second-order valence-corrected chi connectivity index (χ2v) is 10.2. The van der Waals surface area contributed by atoms with Gasteiger partial charge in [-0.2, -0.15) is 0 Å². The summed E-state index contributed by atoms with van der Waals surface area (Å²) < 4.78 is 15.3. The molecule has 0 aromatic heterocycles. The number of carbonyl (C=O) groups is 2. The summed E-state index contributed by atoms with van der Waals surface area (Å²) in [6.07, 6.45) is -29.2. The second-order valence-electron chi connectivity index (χ2n) is 10.2. The van der Waals surface area contributed by atoms with Gasteiger partial charge < -0.3 is 116 Å². The third kappa shape index (κ3) is 13.0. The van der Waals surface area contributed by atoms with Crippen molar-refractivity contribution in [2.45, 2.75) is 110 Å². The number of rotatable bonds is 14. The molecule has 0 aromatic rings. The fraction of sp³-hybridized carbons (Fsp3) is 0.917. The van der Waals surface area contributed by atoms with E-state index in [0.717, 1.165) is 0 Å². The van der Waals surface area contributed by atoms with Crippen LogP contribution in [0.4, 0.5) is 0 Å². The molecule has 47 heavy (non-hydrogen) atoms. The average Bonchev–Trinajstić information content (AvgIpc) is 3.09. The number of aliphatic hydroxyl groups excluding tert-OH is 18. The maximum atomic E-state index is 9.94. The lowest BCUT2D eigenvalue weighted by atomic mass is 9.97. The summed E-state index contributed by atoms with van der Waals surface area (Å²) in [7, 11) is 0. The summed E-state index contributed by atoms with van der Waals surface area (Å²) in [5.41, 5.74) is 0. The van der Waals surface area contributed by atoms with Crippen LogP contribution in [0, 0.1) is 0 Å². The van der Waals surface area contributed by atoms with Crippen LogP contribution in [0.3, 0.4) is 0 Å². The maximum absolute atomic E-state index is 9.94. The normalized spacial score (nSPS) is 36.0. The van der Waals surface area contributed by atoms with Crippen molar-refractivity contribution in [2.75, 3.05) is 26.4 Å². The fourth-order valence-electron chi connectivity index (χ4n) is 3.81. The lowest BCUT2D eigenvalue weighted by molar-refractivity contribution is -0.355. The Hall–Kier alpha value is -1.50. The monoisotopic (exact) mass is 702 g/mol. The Morgan fingerprint density at radius 3 is 1.32 bits per heavy atom. The van der Waals surface area contributed by atoms with Crippen LogP contribution >= 0.6 is 0 Å². The molecule has 2 aliphatic rings. The summed E-state index contributed by atoms with van der Waals surface area (Å²) in [4.78, 5) is 19.8. The first-order valence-electron chi connectivity index (χ1n) is 13.7. The van der Waals surface area contributed by atoms with Gasteiger partial charge in [-0.3, -0.25) is 0 Å². The van der Waals surface area contributed by atoms with Crippen molar-refractivity contribution in [1.82, 2.24) is 0 Å². The van der Waals surface area contributed by atoms with E-state index in [2.05, 4.69) is 0 Å². The Labute approximate surface area is 265 Å². The molecule has 0 radical (unpaired) electrons. The zero-order valence-electron chi connectivity index (χ0n) is 24.5. The maximum Gasteiger partial charge on any atom is 0.187 e. The Morgan fingerprint density at radius 2 is 0.957 bits per heavy atom. The zero-order valence-corrected chi connectivity index (χ0v) is 24.5. The first-order chi connectivity index (χ1) is 21.9. The van der Waals surface area contributed by atoms with Gasteiger partial charge in [0.1, 0.15) is 97.7 Å². The molecule has 0 aliphatic carbocycles. The second kappa shape index (κ2) is 22.3. The van der Waals surface area contributed by atoms with Gasteiger partial charge in [0.25, 0.3) is 0 Å². The van der Waals surface area contributed by atoms with Crippen molar-refractivity contribution in [1.29, 1.82) is 0 Å². The minimum Gasteiger partial charge on any atom is -0.394 e. The highest BCUT2D eigenvalue weighted by Gasteiger charge is 2.50. The number of aliphatic hydroxyl groups is 18. The van der Waals surface area contributed by atoms with Crippen LogP contribution < -0.4 is 0 Å². The van der Waals surface area contributed by atoms with E-state index >= 15 is 0 Å². The zero-order chi connectivity index (χ0) is 36.8. The van der Waals surface area contributed by atoms with Crippen molar-refractivity contribution in [3.05, 3.63) is 0 Å². The van der Waals surface area contributed by atoms with Crippen LogP contribution in [0.25, 0.3) is 0 Å². The molecule has 0 bridgehead atoms. The van der Waals surface area contributed by atoms with E-state index in [1.165, 1.54) is 0 Å². The van der Waals surface area contributed by atoms with E-state index in [1.54, 1.807) is 0 Å². The van der Waals surface area contributed by atoms with E-state index in [-0.39, 0.29) is 12.6 Å². The van der Waals surface area contributed by atoms with Crippen molar-refractivity contribution < 1.29 is 116 Å². The minimum atomic E-state index is -1.79. The molecule has 2 fully saturated rings. The van der Waals surface area contributed by atoms with Crippen LogP contribution in [0.2, 0.25) is 0 Å². The van der Waals surface area contributed by atoms with Crippen molar-refractivity contribution in [3.8, 4) is 0 Å². The molecule has 2 aliphatic heterocycles. The van der Waals surface area contributed by atoms with Gasteiger partial charge in [0.2, 0.25) is 0 Å². The molecule has 23 heteroatoms. The van der Waals surface area contributed by atoms with E-state index < -0.39 is 137 Å². The standard InChI is InChI=1S/C12H22O11.2C6H12O6/c13-1-3-5(15)6(16)9(19)12(22-3)23-10-4(2-14)21-11(20)8(18)7(10)17;2*7-1-3(9)5(11)6(12)4(10)2-8/h3-20H,1-2H2;2*1,3-6,8-12H,2H2/t3-,4-,5+,6+,7-,8-,9-,10-,11?,12+;2*3-,4+,5+,6+/m100/s1. The topological polar surface area (TPSA) is 426 Å². The largest absolute Gasteiger partial charge is 0.394 e. The lowest BCUT2D eigenvalue weighted by Crippen LogP contribution is -2.64. The predicted molar refractivity (Wildman–Crippen MR) is 143 cm³/mol. The van der Waals surface area contributed by atoms with Gasteiger partial charge in [0, 0.05) is 0 Å². The molecule has 2 heterocycles. The van der Waals surface area contributed by atoms with Crippen LogP contribution in [0.15, 0.2) is 0 Å². The van der Waals surface area contributed by atoms with Crippen molar-refractivity contribution >= 4 is 12.6 Å². The van der Waals surface area contributed by atoms with Gasteiger partial charge in [-0.15, -0.1) is 0 Å². The number of hydrogen-bond acceptors (Lipinski definition) is 23. The molecule has 0 aromatic carbocycles. The summed E-state index contributed by atoms with van der Waals surface area (Å²) in [5.74, 6) is 0. The van der Waals surface area contributed by atoms with Crippen LogP contribution in [0.5, 0.6) is 0 Å². The molecule has 2 rings (SSSR count). The highest BCUT2D eigenvalue weighted by molar-refractivity contribution is 5.57. The molecule has 0 spiro atoms. The third-order valence-electron chi connectivity index (χ3n) is 6.82. The third-order valence-corrected chi connectivity index (χ3v) is 6.82. The first kappa shape index (κ1) is 45.5. The Morgan fingerprint density at radius 1 is 0.532 bits per heavy atom. The molecule has 0 amide bonds. The summed E-state index contributed by atoms with van der Waals surface area (Å²) in [6, 6.07) is 0. The quantitative estimate of drug-likeness (QED) is 0.0747. The average molecular weight is 703 g/mol. The van der Waals surface area contributed by atoms with Gasteiger partial charge in [0.15, 0.2) is 25.2 Å². The minimum absolute atomic E-state index is 0.0258. The van der Waals surface area contributed by atoms with E-state index in [0.29, 0.717) is 0 Å². The first-order valence-corrected chi connectivity index (χ1v) is 13.7. The van der Waals surface area contributed by atoms with Gasteiger partial charge in [-0.1, -0.05) is 0 Å². The highest BCUT2D eigenvalue weighted by atomic mass is 16.7. The summed E-state index contributed by atoms with van der Waals surface area (Å²) in [5, 5.41) is 164. The van der Waals surface area contributed by atoms with E-state index in [1.807, 2.05) is 0 Å². The molecule has 18 atom stereocenters. The smallest absolute Gasteiger partial charge is 0.187 e. The number of carbonyl (C=O) groups excluding carboxylic acids is 2. The number of aldehydes is 2. The SMILES string of the molecule is O=C[C@H](O)[C@@H](O)[C@H](O)[C@H](O)CO.O=C[C@H](O)[C@@H](O)[C@H](O)[C@H](O)CO.OC[C@H]1O[C@@H](O[C@H]2[C@H](O)[C@@H](O)C(O)O[C@@H]2CO)[C@H](O)[C@@H](O)[C@H]1O. The molecule has 2 saturated heterocycles.